The Balaban J connectivity index is 1.20. The average molecular weight is 373 g/mol. The molecule has 142 valence electrons. The van der Waals surface area contributed by atoms with Crippen LogP contribution in [-0.4, -0.2) is 38.6 Å². The van der Waals surface area contributed by atoms with Crippen LogP contribution in [0.3, 0.4) is 0 Å². The predicted octanol–water partition coefficient (Wildman–Crippen LogP) is 2.94. The van der Waals surface area contributed by atoms with Gasteiger partial charge in [0.05, 0.1) is 5.69 Å². The molecule has 0 aliphatic heterocycles. The maximum absolute atomic E-state index is 12.7. The molecule has 1 heterocycles. The Labute approximate surface area is 164 Å². The molecule has 1 N–H and O–H groups in total. The molecule has 5 rings (SSSR count). The van der Waals surface area contributed by atoms with Gasteiger partial charge in [0.2, 0.25) is 0 Å². The molecule has 0 amide bonds. The second kappa shape index (κ2) is 7.28. The van der Waals surface area contributed by atoms with Crippen molar-refractivity contribution in [2.75, 3.05) is 6.54 Å². The summed E-state index contributed by atoms with van der Waals surface area (Å²) < 4.78 is 1.55. The molecule has 2 atom stereocenters. The minimum atomic E-state index is 0.0954. The van der Waals surface area contributed by atoms with Gasteiger partial charge < -0.3 is 5.32 Å². The van der Waals surface area contributed by atoms with Crippen LogP contribution >= 0.6 is 0 Å². The Morgan fingerprint density at radius 3 is 2.75 bits per heavy atom. The van der Waals surface area contributed by atoms with E-state index in [0.29, 0.717) is 23.9 Å². The van der Waals surface area contributed by atoms with Crippen molar-refractivity contribution in [1.29, 1.82) is 0 Å². The third kappa shape index (κ3) is 3.87. The minimum absolute atomic E-state index is 0.0954. The number of nitrogens with one attached hydrogen (secondary N) is 1. The lowest BCUT2D eigenvalue weighted by atomic mass is 10.0. The number of benzene rings is 2. The van der Waals surface area contributed by atoms with Gasteiger partial charge in [-0.2, -0.15) is 0 Å². The highest BCUT2D eigenvalue weighted by Gasteiger charge is 2.38. The summed E-state index contributed by atoms with van der Waals surface area (Å²) in [6.07, 6.45) is 5.94. The highest BCUT2D eigenvalue weighted by Crippen LogP contribution is 2.41. The Hall–Kier alpha value is -2.86. The van der Waals surface area contributed by atoms with Crippen LogP contribution < -0.4 is 5.32 Å². The second-order valence-corrected chi connectivity index (χ2v) is 7.95. The number of carbonyl (C=O) groups excluding carboxylic acids is 1. The first-order chi connectivity index (χ1) is 13.8. The fraction of sp³-hybridized carbons (Fsp3) is 0.364. The smallest absolute Gasteiger partial charge is 0.167 e. The standard InChI is InChI=1S/C22H23N5O/c28-22(18-2-1-3-19(11-18)27-14-24-25-26-27)10-15-6-8-17(9-7-15)20-12-21(20)23-13-16-4-5-16/h1-3,6-9,11,14,16,20-21,23H,4-5,10,12-13H2. The molecule has 28 heavy (non-hydrogen) atoms. The fourth-order valence-corrected chi connectivity index (χ4v) is 3.70. The zero-order chi connectivity index (χ0) is 18.9. The molecule has 6 heteroatoms. The van der Waals surface area contributed by atoms with Gasteiger partial charge in [0.1, 0.15) is 6.33 Å². The number of carbonyl (C=O) groups is 1. The molecule has 2 aliphatic rings. The van der Waals surface area contributed by atoms with E-state index in [1.165, 1.54) is 37.7 Å². The Kier molecular flexibility index (Phi) is 4.49. The molecule has 2 fully saturated rings. The number of nitrogens with zero attached hydrogens (tertiary/aromatic N) is 4. The van der Waals surface area contributed by atoms with Crippen molar-refractivity contribution < 1.29 is 4.79 Å². The summed E-state index contributed by atoms with van der Waals surface area (Å²) in [5.74, 6) is 1.66. The molecule has 6 nitrogen and oxygen atoms in total. The third-order valence-electron chi connectivity index (χ3n) is 5.71. The lowest BCUT2D eigenvalue weighted by molar-refractivity contribution is 0.0993. The first-order valence-electron chi connectivity index (χ1n) is 9.95. The van der Waals surface area contributed by atoms with Gasteiger partial charge in [-0.25, -0.2) is 4.68 Å². The van der Waals surface area contributed by atoms with Gasteiger partial charge in [-0.15, -0.1) is 5.10 Å². The van der Waals surface area contributed by atoms with E-state index in [1.807, 2.05) is 24.3 Å². The van der Waals surface area contributed by atoms with Crippen molar-refractivity contribution in [1.82, 2.24) is 25.5 Å². The molecule has 2 aromatic carbocycles. The van der Waals surface area contributed by atoms with Crippen LogP contribution in [0.1, 0.15) is 46.7 Å². The molecule has 2 aliphatic carbocycles. The summed E-state index contributed by atoms with van der Waals surface area (Å²) >= 11 is 0. The van der Waals surface area contributed by atoms with Crippen molar-refractivity contribution in [3.63, 3.8) is 0 Å². The maximum atomic E-state index is 12.7. The third-order valence-corrected chi connectivity index (χ3v) is 5.71. The quantitative estimate of drug-likeness (QED) is 0.615. The number of hydrogen-bond acceptors (Lipinski definition) is 5. The van der Waals surface area contributed by atoms with Crippen LogP contribution in [0, 0.1) is 5.92 Å². The second-order valence-electron chi connectivity index (χ2n) is 7.95. The van der Waals surface area contributed by atoms with Crippen LogP contribution in [0.25, 0.3) is 5.69 Å². The van der Waals surface area contributed by atoms with E-state index in [4.69, 9.17) is 0 Å². The zero-order valence-corrected chi connectivity index (χ0v) is 15.7. The van der Waals surface area contributed by atoms with Crippen molar-refractivity contribution >= 4 is 5.78 Å². The Bertz CT molecular complexity index is 963. The summed E-state index contributed by atoms with van der Waals surface area (Å²) in [5, 5.41) is 14.8. The van der Waals surface area contributed by atoms with Crippen LogP contribution in [-0.2, 0) is 6.42 Å². The molecule has 0 saturated heterocycles. The van der Waals surface area contributed by atoms with E-state index in [2.05, 4.69) is 45.1 Å². The summed E-state index contributed by atoms with van der Waals surface area (Å²) in [5.41, 5.74) is 3.88. The first-order valence-corrected chi connectivity index (χ1v) is 9.95. The van der Waals surface area contributed by atoms with Gasteiger partial charge in [0, 0.05) is 23.9 Å². The molecule has 0 bridgehead atoms. The molecule has 3 aromatic rings. The number of ketones is 1. The molecular weight excluding hydrogens is 350 g/mol. The van der Waals surface area contributed by atoms with Gasteiger partial charge in [-0.3, -0.25) is 4.79 Å². The molecule has 2 saturated carbocycles. The summed E-state index contributed by atoms with van der Waals surface area (Å²) in [6, 6.07) is 16.6. The number of aromatic nitrogens is 4. The monoisotopic (exact) mass is 373 g/mol. The number of rotatable bonds is 8. The summed E-state index contributed by atoms with van der Waals surface area (Å²) in [4.78, 5) is 12.7. The lowest BCUT2D eigenvalue weighted by Crippen LogP contribution is -2.20. The first kappa shape index (κ1) is 17.3. The highest BCUT2D eigenvalue weighted by molar-refractivity contribution is 5.98. The van der Waals surface area contributed by atoms with Crippen LogP contribution in [0.15, 0.2) is 54.9 Å². The van der Waals surface area contributed by atoms with Crippen LogP contribution in [0.5, 0.6) is 0 Å². The van der Waals surface area contributed by atoms with E-state index in [1.54, 1.807) is 4.68 Å². The largest absolute Gasteiger partial charge is 0.313 e. The molecule has 1 aromatic heterocycles. The fourth-order valence-electron chi connectivity index (χ4n) is 3.70. The average Bonchev–Trinajstić information content (AvgIpc) is 3.64. The molecule has 0 spiro atoms. The zero-order valence-electron chi connectivity index (χ0n) is 15.7. The number of tetrazole rings is 1. The molecule has 2 unspecified atom stereocenters. The Morgan fingerprint density at radius 1 is 1.14 bits per heavy atom. The Morgan fingerprint density at radius 2 is 2.00 bits per heavy atom. The highest BCUT2D eigenvalue weighted by atomic mass is 16.1. The van der Waals surface area contributed by atoms with Gasteiger partial charge >= 0.3 is 0 Å². The van der Waals surface area contributed by atoms with E-state index in [0.717, 1.165) is 17.2 Å². The maximum Gasteiger partial charge on any atom is 0.167 e. The van der Waals surface area contributed by atoms with Crippen molar-refractivity contribution in [2.45, 2.75) is 37.6 Å². The van der Waals surface area contributed by atoms with Crippen LogP contribution in [0.4, 0.5) is 0 Å². The SMILES string of the molecule is O=C(Cc1ccc(C2CC2NCC2CC2)cc1)c1cccc(-n2cnnn2)c1. The van der Waals surface area contributed by atoms with E-state index < -0.39 is 0 Å². The van der Waals surface area contributed by atoms with Gasteiger partial charge in [0.25, 0.3) is 0 Å². The number of Topliss-reactive ketones (excluding diaryl/α,β-unsaturated/α-hetero) is 1. The normalized spacial score (nSPS) is 20.9. The summed E-state index contributed by atoms with van der Waals surface area (Å²) in [6.45, 7) is 1.18. The number of hydrogen-bond donors (Lipinski definition) is 1. The van der Waals surface area contributed by atoms with Crippen molar-refractivity contribution in [3.05, 3.63) is 71.5 Å². The minimum Gasteiger partial charge on any atom is -0.313 e. The van der Waals surface area contributed by atoms with Crippen molar-refractivity contribution in [2.24, 2.45) is 5.92 Å². The lowest BCUT2D eigenvalue weighted by Gasteiger charge is -2.06. The topological polar surface area (TPSA) is 72.7 Å². The molecular formula is C22H23N5O. The van der Waals surface area contributed by atoms with Gasteiger partial charge in [-0.05, 0) is 65.4 Å². The van der Waals surface area contributed by atoms with E-state index in [-0.39, 0.29) is 5.78 Å². The van der Waals surface area contributed by atoms with E-state index >= 15 is 0 Å². The van der Waals surface area contributed by atoms with Crippen LogP contribution in [0.2, 0.25) is 0 Å². The van der Waals surface area contributed by atoms with Gasteiger partial charge in [-0.1, -0.05) is 36.4 Å². The summed E-state index contributed by atoms with van der Waals surface area (Å²) in [7, 11) is 0. The van der Waals surface area contributed by atoms with Crippen molar-refractivity contribution in [3.8, 4) is 5.69 Å². The van der Waals surface area contributed by atoms with E-state index in [9.17, 15) is 4.79 Å². The molecule has 0 radical (unpaired) electrons. The van der Waals surface area contributed by atoms with Gasteiger partial charge in [0.15, 0.2) is 5.78 Å². The predicted molar refractivity (Wildman–Crippen MR) is 106 cm³/mol.